The summed E-state index contributed by atoms with van der Waals surface area (Å²) >= 11 is 6.58. The third kappa shape index (κ3) is 5.10. The van der Waals surface area contributed by atoms with E-state index in [9.17, 15) is 19.5 Å². The number of aliphatic hydroxyl groups is 1. The summed E-state index contributed by atoms with van der Waals surface area (Å²) in [5.41, 5.74) is 3.77. The van der Waals surface area contributed by atoms with Gasteiger partial charge in [-0.25, -0.2) is 0 Å². The molecule has 50 heavy (non-hydrogen) atoms. The molecule has 4 heterocycles. The molecule has 0 aliphatic carbocycles. The minimum absolute atomic E-state index is 0.00860. The molecule has 0 unspecified atom stereocenters. The number of carbonyl (C=O) groups is 2. The van der Waals surface area contributed by atoms with Crippen molar-refractivity contribution in [3.63, 3.8) is 0 Å². The van der Waals surface area contributed by atoms with Crippen molar-refractivity contribution >= 4 is 59.6 Å². The van der Waals surface area contributed by atoms with Gasteiger partial charge in [0.15, 0.2) is 13.9 Å². The predicted octanol–water partition coefficient (Wildman–Crippen LogP) is 6.35. The molecular weight excluding hydrogens is 670 g/mol. The van der Waals surface area contributed by atoms with Gasteiger partial charge < -0.3 is 19.5 Å². The molecule has 10 nitrogen and oxygen atoms in total. The number of amides is 2. The molecule has 2 amide bonds. The van der Waals surface area contributed by atoms with Crippen molar-refractivity contribution in [1.82, 2.24) is 15.0 Å². The van der Waals surface area contributed by atoms with Gasteiger partial charge >= 0.3 is 0 Å². The Morgan fingerprint density at radius 1 is 1.00 bits per heavy atom. The average molecular weight is 708 g/mol. The number of hydrogen-bond acceptors (Lipinski definition) is 7. The van der Waals surface area contributed by atoms with Gasteiger partial charge in [0, 0.05) is 58.9 Å². The van der Waals surface area contributed by atoms with Crippen molar-refractivity contribution in [3.05, 3.63) is 112 Å². The Hall–Kier alpha value is -4.39. The summed E-state index contributed by atoms with van der Waals surface area (Å²) < 4.78 is 8.66. The summed E-state index contributed by atoms with van der Waals surface area (Å²) in [4.78, 5) is 43.5. The zero-order valence-electron chi connectivity index (χ0n) is 28.1. The van der Waals surface area contributed by atoms with Crippen LogP contribution in [0, 0.1) is 5.92 Å². The van der Waals surface area contributed by atoms with Gasteiger partial charge in [-0.3, -0.25) is 19.2 Å². The first-order valence-electron chi connectivity index (χ1n) is 17.0. The second-order valence-corrected chi connectivity index (χ2v) is 18.5. The number of aliphatic hydroxyl groups excluding tert-OH is 1. The lowest BCUT2D eigenvalue weighted by Gasteiger charge is -2.32. The van der Waals surface area contributed by atoms with Crippen molar-refractivity contribution in [2.75, 3.05) is 16.4 Å². The molecule has 0 radical (unpaired) electrons. The Kier molecular flexibility index (Phi) is 7.96. The number of halogens is 1. The summed E-state index contributed by atoms with van der Waals surface area (Å²) in [7, 11) is -2.85. The highest BCUT2D eigenvalue weighted by Crippen LogP contribution is 2.60. The second kappa shape index (κ2) is 12.1. The number of rotatable bonds is 9. The fourth-order valence-electron chi connectivity index (χ4n) is 8.52. The first kappa shape index (κ1) is 32.8. The minimum Gasteiger partial charge on any atom is -0.432 e. The molecule has 5 aromatic rings. The lowest BCUT2D eigenvalue weighted by molar-refractivity contribution is -0.146. The van der Waals surface area contributed by atoms with Crippen molar-refractivity contribution in [3.8, 4) is 0 Å². The van der Waals surface area contributed by atoms with Gasteiger partial charge in [0.05, 0.1) is 35.3 Å². The van der Waals surface area contributed by atoms with Crippen LogP contribution in [-0.4, -0.2) is 57.7 Å². The molecule has 0 bridgehead atoms. The number of hydrogen-bond donors (Lipinski definition) is 2. The highest BCUT2D eigenvalue weighted by atomic mass is 35.5. The van der Waals surface area contributed by atoms with Crippen LogP contribution in [0.15, 0.2) is 85.1 Å². The fraction of sp³-hybridized carbons (Fsp3) is 0.316. The Morgan fingerprint density at radius 2 is 1.76 bits per heavy atom. The van der Waals surface area contributed by atoms with Crippen molar-refractivity contribution < 1.29 is 24.2 Å². The number of ether oxygens (including phenoxy) is 1. The summed E-state index contributed by atoms with van der Waals surface area (Å²) in [6.45, 7) is 6.58. The number of carbonyl (C=O) groups excluding carboxylic acids is 2. The van der Waals surface area contributed by atoms with Crippen LogP contribution in [0.5, 0.6) is 0 Å². The van der Waals surface area contributed by atoms with E-state index in [1.54, 1.807) is 20.5 Å². The molecular formula is C38H38ClN5O5Si. The lowest BCUT2D eigenvalue weighted by atomic mass is 9.82. The first-order valence-corrected chi connectivity index (χ1v) is 20.4. The van der Waals surface area contributed by atoms with E-state index in [-0.39, 0.29) is 36.4 Å². The Labute approximate surface area is 296 Å². The summed E-state index contributed by atoms with van der Waals surface area (Å²) in [5, 5.41) is 20.1. The van der Waals surface area contributed by atoms with E-state index in [4.69, 9.17) is 16.3 Å². The SMILES string of the molecule is C[C@H]1[C@H]([Si](C)(C)O)[C@@H](CCn2cc(CCO)nn2)O[C@]12C(=O)N(Cc1ccc(N3C(=O)c4cccc5cccc3c45)cc1)c1ccc(Cl)cc12. The van der Waals surface area contributed by atoms with E-state index >= 15 is 0 Å². The molecule has 256 valence electrons. The molecule has 1 fully saturated rings. The van der Waals surface area contributed by atoms with Crippen LogP contribution < -0.4 is 9.80 Å². The maximum atomic E-state index is 14.8. The zero-order valence-corrected chi connectivity index (χ0v) is 29.8. The van der Waals surface area contributed by atoms with E-state index in [1.807, 2.05) is 99.0 Å². The van der Waals surface area contributed by atoms with Crippen LogP contribution in [0.3, 0.4) is 0 Å². The predicted molar refractivity (Wildman–Crippen MR) is 194 cm³/mol. The smallest absolute Gasteiger partial charge is 0.264 e. The number of nitrogens with zero attached hydrogens (tertiary/aromatic N) is 5. The molecule has 4 atom stereocenters. The molecule has 1 aromatic heterocycles. The molecule has 2 N–H and O–H groups in total. The summed E-state index contributed by atoms with van der Waals surface area (Å²) in [6, 6.07) is 25.0. The van der Waals surface area contributed by atoms with Gasteiger partial charge in [0.1, 0.15) is 0 Å². The van der Waals surface area contributed by atoms with Crippen LogP contribution in [0.1, 0.15) is 40.5 Å². The maximum absolute atomic E-state index is 14.8. The molecule has 3 aliphatic rings. The summed E-state index contributed by atoms with van der Waals surface area (Å²) in [5.74, 6) is -0.573. The van der Waals surface area contributed by atoms with Gasteiger partial charge in [-0.05, 0) is 72.9 Å². The third-order valence-electron chi connectivity index (χ3n) is 10.6. The van der Waals surface area contributed by atoms with Gasteiger partial charge in [0.25, 0.3) is 11.8 Å². The lowest BCUT2D eigenvalue weighted by Crippen LogP contribution is -2.46. The monoisotopic (exact) mass is 707 g/mol. The number of benzene rings is 4. The van der Waals surface area contributed by atoms with Crippen LogP contribution in [0.4, 0.5) is 17.1 Å². The Balaban J connectivity index is 1.09. The Morgan fingerprint density at radius 3 is 2.50 bits per heavy atom. The molecule has 0 saturated carbocycles. The van der Waals surface area contributed by atoms with Crippen LogP contribution in [0.25, 0.3) is 10.8 Å². The van der Waals surface area contributed by atoms with Gasteiger partial charge in [-0.2, -0.15) is 0 Å². The topological polar surface area (TPSA) is 121 Å². The zero-order chi connectivity index (χ0) is 34.9. The quantitative estimate of drug-likeness (QED) is 0.171. The number of fused-ring (bicyclic) bond motifs is 2. The standard InChI is InChI=1S/C38H38ClN5O5Si/c1-23-35(50(2,3)48)33(16-18-42-22-27(17-19-45)40-41-42)49-38(23)30-20-26(39)12-15-31(30)43(37(38)47)21-24-10-13-28(14-11-24)44-32-9-5-7-25-6-4-8-29(34(25)32)36(44)46/h4-15,20,22-23,33,35,45,48H,16-19,21H2,1-3H3/t23-,33+,35-,38+/m0/s1. The van der Waals surface area contributed by atoms with E-state index < -0.39 is 20.0 Å². The fourth-order valence-corrected chi connectivity index (χ4v) is 11.3. The number of aromatic nitrogens is 3. The Bertz CT molecular complexity index is 2140. The third-order valence-corrected chi connectivity index (χ3v) is 13.4. The van der Waals surface area contributed by atoms with E-state index in [0.717, 1.165) is 33.4 Å². The van der Waals surface area contributed by atoms with Crippen molar-refractivity contribution in [2.45, 2.75) is 63.2 Å². The van der Waals surface area contributed by atoms with Crippen LogP contribution >= 0.6 is 11.6 Å². The normalized spacial score (nSPS) is 22.8. The molecule has 1 spiro atoms. The van der Waals surface area contributed by atoms with E-state index in [1.165, 1.54) is 0 Å². The highest BCUT2D eigenvalue weighted by molar-refractivity contribution is 6.71. The molecule has 8 rings (SSSR count). The van der Waals surface area contributed by atoms with E-state index in [2.05, 4.69) is 10.3 Å². The van der Waals surface area contributed by atoms with Gasteiger partial charge in [0.2, 0.25) is 0 Å². The van der Waals surface area contributed by atoms with Crippen molar-refractivity contribution in [1.29, 1.82) is 0 Å². The van der Waals surface area contributed by atoms with Crippen molar-refractivity contribution in [2.24, 2.45) is 5.92 Å². The van der Waals surface area contributed by atoms with Gasteiger partial charge in [-0.15, -0.1) is 5.10 Å². The maximum Gasteiger partial charge on any atom is 0.264 e. The minimum atomic E-state index is -2.85. The van der Waals surface area contributed by atoms with Crippen LogP contribution in [0.2, 0.25) is 23.7 Å². The summed E-state index contributed by atoms with van der Waals surface area (Å²) in [6.07, 6.45) is 2.34. The molecule has 12 heteroatoms. The molecule has 4 aromatic carbocycles. The number of aryl methyl sites for hydroxylation is 1. The first-order chi connectivity index (χ1) is 24.0. The molecule has 3 aliphatic heterocycles. The van der Waals surface area contributed by atoms with Crippen LogP contribution in [-0.2, 0) is 34.6 Å². The largest absolute Gasteiger partial charge is 0.432 e. The van der Waals surface area contributed by atoms with Gasteiger partial charge in [-0.1, -0.05) is 60.1 Å². The second-order valence-electron chi connectivity index (χ2n) is 14.1. The highest BCUT2D eigenvalue weighted by Gasteiger charge is 2.66. The molecule has 1 saturated heterocycles. The van der Waals surface area contributed by atoms with E-state index in [0.29, 0.717) is 41.2 Å². The number of anilines is 3. The average Bonchev–Trinajstić information content (AvgIpc) is 3.81.